The maximum Gasteiger partial charge on any atom is 0.246 e. The third-order valence-electron chi connectivity index (χ3n) is 7.25. The SMILES string of the molecule is CNS(=O)(=O)c1cccc(OCC(O)CNC2COC3(CCN(S(=O)(=O)c4ccc(C)cc4OC)CC3)C2)c1. The minimum atomic E-state index is -3.69. The first-order chi connectivity index (χ1) is 18.5. The van der Waals surface area contributed by atoms with E-state index in [1.54, 1.807) is 30.3 Å². The molecule has 0 bridgehead atoms. The first kappa shape index (κ1) is 29.7. The summed E-state index contributed by atoms with van der Waals surface area (Å²) < 4.78 is 71.3. The molecule has 2 aromatic carbocycles. The Hall–Kier alpha value is -2.26. The van der Waals surface area contributed by atoms with Crippen molar-refractivity contribution in [2.24, 2.45) is 0 Å². The Kier molecular flexibility index (Phi) is 9.21. The lowest BCUT2D eigenvalue weighted by atomic mass is 9.88. The van der Waals surface area contributed by atoms with Crippen molar-refractivity contribution >= 4 is 20.0 Å². The topological polar surface area (TPSA) is 144 Å². The smallest absolute Gasteiger partial charge is 0.246 e. The summed E-state index contributed by atoms with van der Waals surface area (Å²) in [7, 11) is -4.47. The van der Waals surface area contributed by atoms with E-state index in [4.69, 9.17) is 14.2 Å². The molecule has 11 nitrogen and oxygen atoms in total. The van der Waals surface area contributed by atoms with Crippen LogP contribution in [0.1, 0.15) is 24.8 Å². The van der Waals surface area contributed by atoms with Crippen LogP contribution in [0.15, 0.2) is 52.3 Å². The second kappa shape index (κ2) is 12.1. The van der Waals surface area contributed by atoms with Gasteiger partial charge in [0.25, 0.3) is 0 Å². The van der Waals surface area contributed by atoms with Gasteiger partial charge in [0.05, 0.1) is 24.2 Å². The first-order valence-electron chi connectivity index (χ1n) is 12.8. The van der Waals surface area contributed by atoms with E-state index in [1.165, 1.54) is 30.6 Å². The number of nitrogens with zero attached hydrogens (tertiary/aromatic N) is 1. The number of rotatable bonds is 11. The van der Waals surface area contributed by atoms with Crippen LogP contribution in [0.4, 0.5) is 0 Å². The number of benzene rings is 2. The number of aliphatic hydroxyl groups is 1. The molecule has 0 aromatic heterocycles. The van der Waals surface area contributed by atoms with Crippen LogP contribution in [0.2, 0.25) is 0 Å². The standard InChI is InChI=1S/C26H37N3O8S2/c1-19-7-8-25(24(13-19)35-3)39(33,34)29-11-9-26(10-12-29)15-20(17-37-26)28-16-21(30)18-36-22-5-4-6-23(14-22)38(31,32)27-2/h4-8,13-14,20-21,27-28,30H,9-12,15-18H2,1-3H3. The molecule has 3 N–H and O–H groups in total. The fourth-order valence-electron chi connectivity index (χ4n) is 4.99. The normalized spacial score (nSPS) is 20.7. The van der Waals surface area contributed by atoms with Crippen LogP contribution in [-0.4, -0.2) is 91.0 Å². The Morgan fingerprint density at radius 1 is 1.15 bits per heavy atom. The molecule has 0 aliphatic carbocycles. The van der Waals surface area contributed by atoms with Gasteiger partial charge in [0, 0.05) is 31.7 Å². The fourth-order valence-corrected chi connectivity index (χ4v) is 7.33. The molecule has 39 heavy (non-hydrogen) atoms. The van der Waals surface area contributed by atoms with Gasteiger partial charge in [0.15, 0.2) is 0 Å². The molecule has 2 unspecified atom stereocenters. The Morgan fingerprint density at radius 3 is 2.59 bits per heavy atom. The van der Waals surface area contributed by atoms with Crippen LogP contribution in [0, 0.1) is 6.92 Å². The van der Waals surface area contributed by atoms with E-state index < -0.39 is 31.8 Å². The lowest BCUT2D eigenvalue weighted by Gasteiger charge is -2.38. The van der Waals surface area contributed by atoms with E-state index in [0.29, 0.717) is 50.5 Å². The second-order valence-corrected chi connectivity index (χ2v) is 13.8. The van der Waals surface area contributed by atoms with Gasteiger partial charge >= 0.3 is 0 Å². The van der Waals surface area contributed by atoms with Crippen molar-refractivity contribution in [2.45, 2.75) is 53.7 Å². The Morgan fingerprint density at radius 2 is 1.90 bits per heavy atom. The summed E-state index contributed by atoms with van der Waals surface area (Å²) in [5, 5.41) is 13.7. The number of piperidine rings is 1. The maximum atomic E-state index is 13.3. The second-order valence-electron chi connectivity index (χ2n) is 10.0. The van der Waals surface area contributed by atoms with Crippen molar-refractivity contribution in [3.05, 3.63) is 48.0 Å². The van der Waals surface area contributed by atoms with Gasteiger partial charge in [-0.05, 0) is 63.1 Å². The number of aryl methyl sites for hydroxylation is 1. The molecule has 2 fully saturated rings. The molecular formula is C26H37N3O8S2. The zero-order chi connectivity index (χ0) is 28.3. The van der Waals surface area contributed by atoms with Gasteiger partial charge in [0.1, 0.15) is 29.1 Å². The Labute approximate surface area is 230 Å². The number of hydrogen-bond donors (Lipinski definition) is 3. The maximum absolute atomic E-state index is 13.3. The molecule has 2 aliphatic rings. The fraction of sp³-hybridized carbons (Fsp3) is 0.538. The molecule has 0 amide bonds. The van der Waals surface area contributed by atoms with Crippen molar-refractivity contribution in [3.63, 3.8) is 0 Å². The summed E-state index contributed by atoms with van der Waals surface area (Å²) in [6, 6.07) is 11.2. The third-order valence-corrected chi connectivity index (χ3v) is 10.6. The molecule has 4 rings (SSSR count). The van der Waals surface area contributed by atoms with Crippen molar-refractivity contribution in [2.75, 3.05) is 47.0 Å². The largest absolute Gasteiger partial charge is 0.495 e. The van der Waals surface area contributed by atoms with E-state index in [-0.39, 0.29) is 29.0 Å². The van der Waals surface area contributed by atoms with Crippen molar-refractivity contribution in [1.82, 2.24) is 14.3 Å². The Bertz CT molecular complexity index is 1360. The third kappa shape index (κ3) is 6.91. The summed E-state index contributed by atoms with van der Waals surface area (Å²) >= 11 is 0. The molecule has 1 spiro atoms. The zero-order valence-electron chi connectivity index (χ0n) is 22.4. The average Bonchev–Trinajstić information content (AvgIpc) is 3.32. The minimum absolute atomic E-state index is 0.00985. The van der Waals surface area contributed by atoms with E-state index >= 15 is 0 Å². The van der Waals surface area contributed by atoms with Crippen LogP contribution >= 0.6 is 0 Å². The number of aliphatic hydroxyl groups excluding tert-OH is 1. The number of methoxy groups -OCH3 is 1. The van der Waals surface area contributed by atoms with Crippen molar-refractivity contribution in [3.8, 4) is 11.5 Å². The van der Waals surface area contributed by atoms with Gasteiger partial charge in [0.2, 0.25) is 20.0 Å². The molecule has 2 atom stereocenters. The molecule has 2 aromatic rings. The molecule has 0 saturated carbocycles. The molecular weight excluding hydrogens is 546 g/mol. The van der Waals surface area contributed by atoms with Crippen LogP contribution in [0.3, 0.4) is 0 Å². The summed E-state index contributed by atoms with van der Waals surface area (Å²) in [4.78, 5) is 0.255. The summed E-state index contributed by atoms with van der Waals surface area (Å²) in [6.45, 7) is 3.32. The van der Waals surface area contributed by atoms with E-state index in [2.05, 4.69) is 10.0 Å². The van der Waals surface area contributed by atoms with Gasteiger partial charge in [-0.3, -0.25) is 0 Å². The minimum Gasteiger partial charge on any atom is -0.495 e. The van der Waals surface area contributed by atoms with Gasteiger partial charge in [-0.2, -0.15) is 4.31 Å². The van der Waals surface area contributed by atoms with Crippen LogP contribution in [-0.2, 0) is 24.8 Å². The van der Waals surface area contributed by atoms with E-state index in [1.807, 2.05) is 6.92 Å². The molecule has 2 saturated heterocycles. The van der Waals surface area contributed by atoms with Crippen LogP contribution in [0.25, 0.3) is 0 Å². The highest BCUT2D eigenvalue weighted by molar-refractivity contribution is 7.89. The lowest BCUT2D eigenvalue weighted by molar-refractivity contribution is -0.0312. The lowest BCUT2D eigenvalue weighted by Crippen LogP contribution is -2.47. The van der Waals surface area contributed by atoms with Gasteiger partial charge < -0.3 is 24.6 Å². The predicted molar refractivity (Wildman–Crippen MR) is 145 cm³/mol. The molecule has 2 aliphatic heterocycles. The zero-order valence-corrected chi connectivity index (χ0v) is 24.1. The van der Waals surface area contributed by atoms with Gasteiger partial charge in [-0.1, -0.05) is 12.1 Å². The molecule has 2 heterocycles. The predicted octanol–water partition coefficient (Wildman–Crippen LogP) is 1.25. The van der Waals surface area contributed by atoms with Crippen molar-refractivity contribution < 1.29 is 36.2 Å². The van der Waals surface area contributed by atoms with Crippen LogP contribution in [0.5, 0.6) is 11.5 Å². The highest BCUT2D eigenvalue weighted by Crippen LogP contribution is 2.38. The van der Waals surface area contributed by atoms with Crippen molar-refractivity contribution in [1.29, 1.82) is 0 Å². The quantitative estimate of drug-likeness (QED) is 0.356. The molecule has 216 valence electrons. The van der Waals surface area contributed by atoms with Gasteiger partial charge in [-0.25, -0.2) is 21.6 Å². The number of ether oxygens (including phenoxy) is 3. The summed E-state index contributed by atoms with van der Waals surface area (Å²) in [5.74, 6) is 0.688. The highest BCUT2D eigenvalue weighted by Gasteiger charge is 2.45. The monoisotopic (exact) mass is 583 g/mol. The first-order valence-corrected chi connectivity index (χ1v) is 15.8. The van der Waals surface area contributed by atoms with Crippen LogP contribution < -0.4 is 19.5 Å². The highest BCUT2D eigenvalue weighted by atomic mass is 32.2. The molecule has 13 heteroatoms. The number of nitrogens with one attached hydrogen (secondary N) is 2. The number of hydrogen-bond acceptors (Lipinski definition) is 9. The average molecular weight is 584 g/mol. The number of sulfonamides is 2. The summed E-state index contributed by atoms with van der Waals surface area (Å²) in [6.07, 6.45) is 1.06. The van der Waals surface area contributed by atoms with Gasteiger partial charge in [-0.15, -0.1) is 0 Å². The Balaban J connectivity index is 1.25. The summed E-state index contributed by atoms with van der Waals surface area (Å²) in [5.41, 5.74) is 0.522. The van der Waals surface area contributed by atoms with E-state index in [9.17, 15) is 21.9 Å². The van der Waals surface area contributed by atoms with E-state index in [0.717, 1.165) is 5.56 Å². The molecule has 0 radical (unpaired) electrons.